The zero-order chi connectivity index (χ0) is 20.8. The van der Waals surface area contributed by atoms with E-state index in [0.717, 1.165) is 21.3 Å². The molecule has 7 heteroatoms. The predicted molar refractivity (Wildman–Crippen MR) is 129 cm³/mol. The van der Waals surface area contributed by atoms with E-state index < -0.39 is 5.97 Å². The Morgan fingerprint density at radius 1 is 0.931 bits per heavy atom. The first-order valence-corrected chi connectivity index (χ1v) is 11.1. The molecule has 0 atom stereocenters. The molecule has 0 unspecified atom stereocenters. The largest absolute Gasteiger partial charge is 0.421 e. The fourth-order valence-corrected chi connectivity index (χ4v) is 4.16. The molecule has 0 N–H and O–H groups in total. The van der Waals surface area contributed by atoms with Crippen LogP contribution in [0.2, 0.25) is 5.02 Å². The van der Waals surface area contributed by atoms with E-state index in [1.807, 2.05) is 48.5 Å². The minimum Gasteiger partial charge on any atom is -0.421 e. The van der Waals surface area contributed by atoms with Crippen LogP contribution in [-0.4, -0.2) is 12.2 Å². The standard InChI is InChI=1S/C22H13Br3ClNO2/c23-16-7-4-14(5-8-16)6-9-21(28)29-22-19(24)10-15(11-20(22)25)13-27-18-3-1-2-17(26)12-18/h1-13H/b9-6+,27-13?. The minimum atomic E-state index is -0.477. The van der Waals surface area contributed by atoms with Gasteiger partial charge < -0.3 is 4.74 Å². The van der Waals surface area contributed by atoms with Gasteiger partial charge in [0.15, 0.2) is 5.75 Å². The quantitative estimate of drug-likeness (QED) is 0.129. The first kappa shape index (κ1) is 22.0. The lowest BCUT2D eigenvalue weighted by Gasteiger charge is -2.08. The summed E-state index contributed by atoms with van der Waals surface area (Å²) in [5.41, 5.74) is 2.48. The Kier molecular flexibility index (Phi) is 7.84. The zero-order valence-corrected chi connectivity index (χ0v) is 20.3. The van der Waals surface area contributed by atoms with Crippen molar-refractivity contribution < 1.29 is 9.53 Å². The van der Waals surface area contributed by atoms with Crippen LogP contribution in [0.1, 0.15) is 11.1 Å². The van der Waals surface area contributed by atoms with Crippen LogP contribution in [0, 0.1) is 0 Å². The van der Waals surface area contributed by atoms with Gasteiger partial charge in [0.05, 0.1) is 14.6 Å². The number of ether oxygens (including phenoxy) is 1. The first-order chi connectivity index (χ1) is 13.9. The van der Waals surface area contributed by atoms with Gasteiger partial charge in [-0.3, -0.25) is 4.99 Å². The van der Waals surface area contributed by atoms with Crippen LogP contribution in [0.25, 0.3) is 6.08 Å². The average molecular weight is 599 g/mol. The molecule has 0 saturated heterocycles. The molecular formula is C22H13Br3ClNO2. The fraction of sp³-hybridized carbons (Fsp3) is 0. The summed E-state index contributed by atoms with van der Waals surface area (Å²) in [5, 5.41) is 0.625. The maximum Gasteiger partial charge on any atom is 0.336 e. The molecule has 3 aromatic carbocycles. The van der Waals surface area contributed by atoms with Crippen LogP contribution >= 0.6 is 59.4 Å². The number of carbonyl (C=O) groups is 1. The molecule has 146 valence electrons. The highest BCUT2D eigenvalue weighted by atomic mass is 79.9. The van der Waals surface area contributed by atoms with Crippen molar-refractivity contribution in [2.45, 2.75) is 0 Å². The lowest BCUT2D eigenvalue weighted by Crippen LogP contribution is -2.05. The van der Waals surface area contributed by atoms with E-state index in [9.17, 15) is 4.79 Å². The first-order valence-electron chi connectivity index (χ1n) is 8.35. The molecule has 0 aliphatic rings. The van der Waals surface area contributed by atoms with Crippen LogP contribution in [0.4, 0.5) is 5.69 Å². The lowest BCUT2D eigenvalue weighted by molar-refractivity contribution is -0.129. The number of halogens is 4. The van der Waals surface area contributed by atoms with Gasteiger partial charge in [0.25, 0.3) is 0 Å². The third kappa shape index (κ3) is 6.64. The number of esters is 1. The van der Waals surface area contributed by atoms with Gasteiger partial charge in [-0.1, -0.05) is 45.7 Å². The number of aliphatic imine (C=N–C) groups is 1. The Labute approximate surface area is 198 Å². The van der Waals surface area contributed by atoms with Gasteiger partial charge in [-0.15, -0.1) is 0 Å². The molecule has 0 spiro atoms. The molecule has 0 aliphatic heterocycles. The van der Waals surface area contributed by atoms with Gasteiger partial charge in [0.1, 0.15) is 0 Å². The third-order valence-corrected chi connectivity index (χ3v) is 5.62. The van der Waals surface area contributed by atoms with Crippen LogP contribution in [-0.2, 0) is 4.79 Å². The summed E-state index contributed by atoms with van der Waals surface area (Å²) < 4.78 is 7.70. The summed E-state index contributed by atoms with van der Waals surface area (Å²) in [6, 6.07) is 18.5. The average Bonchev–Trinajstić information content (AvgIpc) is 2.69. The van der Waals surface area contributed by atoms with Crippen molar-refractivity contribution in [3.8, 4) is 5.75 Å². The van der Waals surface area contributed by atoms with Crippen molar-refractivity contribution in [3.63, 3.8) is 0 Å². The molecule has 3 rings (SSSR count). The molecular weight excluding hydrogens is 585 g/mol. The second-order valence-corrected chi connectivity index (χ2v) is 8.92. The topological polar surface area (TPSA) is 38.7 Å². The molecule has 0 radical (unpaired) electrons. The monoisotopic (exact) mass is 595 g/mol. The summed E-state index contributed by atoms with van der Waals surface area (Å²) in [6.45, 7) is 0. The highest BCUT2D eigenvalue weighted by molar-refractivity contribution is 9.11. The Morgan fingerprint density at radius 3 is 2.28 bits per heavy atom. The van der Waals surface area contributed by atoms with Gasteiger partial charge >= 0.3 is 5.97 Å². The van der Waals surface area contributed by atoms with E-state index in [0.29, 0.717) is 19.7 Å². The predicted octanol–water partition coefficient (Wildman–Crippen LogP) is 8.00. The maximum atomic E-state index is 12.2. The van der Waals surface area contributed by atoms with E-state index in [2.05, 4.69) is 52.8 Å². The molecule has 0 aliphatic carbocycles. The molecule has 0 fully saturated rings. The Hall–Kier alpha value is -1.73. The number of rotatable bonds is 5. The van der Waals surface area contributed by atoms with E-state index in [4.69, 9.17) is 16.3 Å². The molecule has 3 aromatic rings. The lowest BCUT2D eigenvalue weighted by atomic mass is 10.2. The summed E-state index contributed by atoms with van der Waals surface area (Å²) in [5.74, 6) is -0.0787. The van der Waals surface area contributed by atoms with Crippen molar-refractivity contribution in [2.75, 3.05) is 0 Å². The van der Waals surface area contributed by atoms with Crippen LogP contribution < -0.4 is 4.74 Å². The van der Waals surface area contributed by atoms with Crippen molar-refractivity contribution >= 4 is 83.3 Å². The van der Waals surface area contributed by atoms with Crippen molar-refractivity contribution in [1.29, 1.82) is 0 Å². The molecule has 3 nitrogen and oxygen atoms in total. The molecule has 0 aromatic heterocycles. The number of nitrogens with zero attached hydrogens (tertiary/aromatic N) is 1. The molecule has 29 heavy (non-hydrogen) atoms. The van der Waals surface area contributed by atoms with Crippen LogP contribution in [0.5, 0.6) is 5.75 Å². The maximum absolute atomic E-state index is 12.2. The van der Waals surface area contributed by atoms with E-state index >= 15 is 0 Å². The van der Waals surface area contributed by atoms with Gasteiger partial charge in [-0.2, -0.15) is 0 Å². The summed E-state index contributed by atoms with van der Waals surface area (Å²) in [4.78, 5) is 16.6. The molecule has 0 amide bonds. The van der Waals surface area contributed by atoms with E-state index in [1.54, 1.807) is 24.4 Å². The van der Waals surface area contributed by atoms with Gasteiger partial charge in [-0.25, -0.2) is 4.79 Å². The molecule has 0 bridgehead atoms. The summed E-state index contributed by atoms with van der Waals surface area (Å²) in [6.07, 6.45) is 4.79. The SMILES string of the molecule is O=C(/C=C/c1ccc(Br)cc1)Oc1c(Br)cc(C=Nc2cccc(Cl)c2)cc1Br. The number of carbonyl (C=O) groups excluding carboxylic acids is 1. The second kappa shape index (κ2) is 10.3. The second-order valence-electron chi connectivity index (χ2n) is 5.86. The smallest absolute Gasteiger partial charge is 0.336 e. The Morgan fingerprint density at radius 2 is 1.62 bits per heavy atom. The normalized spacial score (nSPS) is 11.3. The van der Waals surface area contributed by atoms with E-state index in [1.165, 1.54) is 6.08 Å². The highest BCUT2D eigenvalue weighted by Gasteiger charge is 2.11. The summed E-state index contributed by atoms with van der Waals surface area (Å²) in [7, 11) is 0. The van der Waals surface area contributed by atoms with Gasteiger partial charge in [0.2, 0.25) is 0 Å². The molecule has 0 saturated carbocycles. The Bertz CT molecular complexity index is 1070. The van der Waals surface area contributed by atoms with Crippen molar-refractivity contribution in [1.82, 2.24) is 0 Å². The van der Waals surface area contributed by atoms with Gasteiger partial charge in [-0.05, 0) is 91.5 Å². The van der Waals surface area contributed by atoms with Crippen LogP contribution in [0.3, 0.4) is 0 Å². The highest BCUT2D eigenvalue weighted by Crippen LogP contribution is 2.35. The third-order valence-electron chi connectivity index (χ3n) is 3.68. The van der Waals surface area contributed by atoms with Crippen molar-refractivity contribution in [2.24, 2.45) is 4.99 Å². The zero-order valence-electron chi connectivity index (χ0n) is 14.8. The summed E-state index contributed by atoms with van der Waals surface area (Å²) >= 11 is 16.2. The number of benzene rings is 3. The van der Waals surface area contributed by atoms with Crippen LogP contribution in [0.15, 0.2) is 85.2 Å². The van der Waals surface area contributed by atoms with Gasteiger partial charge in [0, 0.05) is 21.8 Å². The number of hydrogen-bond donors (Lipinski definition) is 0. The van der Waals surface area contributed by atoms with E-state index in [-0.39, 0.29) is 0 Å². The molecule has 0 heterocycles. The number of hydrogen-bond acceptors (Lipinski definition) is 3. The Balaban J connectivity index is 1.71. The fourth-order valence-electron chi connectivity index (χ4n) is 2.33. The minimum absolute atomic E-state index is 0.398. The van der Waals surface area contributed by atoms with Crippen molar-refractivity contribution in [3.05, 3.63) is 96.3 Å².